The normalized spacial score (nSPS) is 18.7. The Hall–Kier alpha value is -1.56. The van der Waals surface area contributed by atoms with E-state index in [4.69, 9.17) is 23.2 Å². The van der Waals surface area contributed by atoms with Gasteiger partial charge in [0.15, 0.2) is 9.84 Å². The molecule has 0 spiro atoms. The predicted molar refractivity (Wildman–Crippen MR) is 105 cm³/mol. The maximum atomic E-state index is 13.2. The Kier molecular flexibility index (Phi) is 5.61. The molecular formula is C19H19Cl2NO3S. The van der Waals surface area contributed by atoms with Crippen LogP contribution in [0.15, 0.2) is 42.5 Å². The van der Waals surface area contributed by atoms with Crippen LogP contribution in [0.3, 0.4) is 0 Å². The first-order valence-corrected chi connectivity index (χ1v) is 10.9. The van der Waals surface area contributed by atoms with Crippen molar-refractivity contribution in [1.29, 1.82) is 0 Å². The third-order valence-electron chi connectivity index (χ3n) is 4.64. The molecule has 138 valence electrons. The molecule has 1 amide bonds. The van der Waals surface area contributed by atoms with Crippen molar-refractivity contribution in [2.75, 3.05) is 11.5 Å². The lowest BCUT2D eigenvalue weighted by atomic mass is 10.1. The van der Waals surface area contributed by atoms with Crippen LogP contribution in [0.5, 0.6) is 0 Å². The molecule has 3 rings (SSSR count). The fraction of sp³-hybridized carbons (Fsp3) is 0.316. The van der Waals surface area contributed by atoms with Gasteiger partial charge in [-0.2, -0.15) is 0 Å². The highest BCUT2D eigenvalue weighted by molar-refractivity contribution is 7.91. The van der Waals surface area contributed by atoms with Crippen LogP contribution < -0.4 is 0 Å². The Balaban J connectivity index is 1.96. The summed E-state index contributed by atoms with van der Waals surface area (Å²) < 4.78 is 23.9. The van der Waals surface area contributed by atoms with Gasteiger partial charge in [-0.1, -0.05) is 47.5 Å². The van der Waals surface area contributed by atoms with E-state index >= 15 is 0 Å². The van der Waals surface area contributed by atoms with Crippen molar-refractivity contribution in [2.24, 2.45) is 0 Å². The van der Waals surface area contributed by atoms with Crippen molar-refractivity contribution in [3.8, 4) is 0 Å². The zero-order chi connectivity index (χ0) is 18.9. The molecule has 1 heterocycles. The van der Waals surface area contributed by atoms with Crippen LogP contribution in [0.4, 0.5) is 0 Å². The van der Waals surface area contributed by atoms with Gasteiger partial charge in [-0.15, -0.1) is 0 Å². The van der Waals surface area contributed by atoms with Crippen LogP contribution in [0.2, 0.25) is 10.0 Å². The zero-order valence-electron chi connectivity index (χ0n) is 14.3. The number of carbonyl (C=O) groups excluding carboxylic acids is 1. The summed E-state index contributed by atoms with van der Waals surface area (Å²) in [5.41, 5.74) is 2.16. The van der Waals surface area contributed by atoms with E-state index in [1.165, 1.54) is 0 Å². The molecule has 0 radical (unpaired) electrons. The highest BCUT2D eigenvalue weighted by Crippen LogP contribution is 2.27. The summed E-state index contributed by atoms with van der Waals surface area (Å²) in [4.78, 5) is 14.8. The van der Waals surface area contributed by atoms with Crippen molar-refractivity contribution >= 4 is 38.9 Å². The molecule has 4 nitrogen and oxygen atoms in total. The number of hydrogen-bond acceptors (Lipinski definition) is 3. The molecule has 0 N–H and O–H groups in total. The van der Waals surface area contributed by atoms with Crippen molar-refractivity contribution in [3.63, 3.8) is 0 Å². The van der Waals surface area contributed by atoms with Crippen molar-refractivity contribution in [3.05, 3.63) is 69.2 Å². The van der Waals surface area contributed by atoms with Gasteiger partial charge in [0.05, 0.1) is 11.5 Å². The average molecular weight is 412 g/mol. The van der Waals surface area contributed by atoms with Crippen molar-refractivity contribution in [1.82, 2.24) is 4.90 Å². The van der Waals surface area contributed by atoms with Crippen LogP contribution in [0.1, 0.15) is 27.9 Å². The number of halogens is 2. The van der Waals surface area contributed by atoms with Crippen LogP contribution in [0.25, 0.3) is 0 Å². The van der Waals surface area contributed by atoms with Gasteiger partial charge >= 0.3 is 0 Å². The third kappa shape index (κ3) is 4.22. The molecule has 1 fully saturated rings. The number of sulfone groups is 1. The van der Waals surface area contributed by atoms with Gasteiger partial charge in [-0.25, -0.2) is 8.42 Å². The summed E-state index contributed by atoms with van der Waals surface area (Å²) in [5, 5.41) is 0.972. The average Bonchev–Trinajstić information content (AvgIpc) is 2.94. The summed E-state index contributed by atoms with van der Waals surface area (Å²) in [6, 6.07) is 12.0. The fourth-order valence-electron chi connectivity index (χ4n) is 3.19. The zero-order valence-corrected chi connectivity index (χ0v) is 16.6. The SMILES string of the molecule is Cc1ccccc1C(=O)N(Cc1ccc(Cl)cc1Cl)[C@H]1CCS(=O)(=O)C1. The summed E-state index contributed by atoms with van der Waals surface area (Å²) in [6.07, 6.45) is 0.436. The van der Waals surface area contributed by atoms with Crippen LogP contribution in [-0.4, -0.2) is 36.8 Å². The van der Waals surface area contributed by atoms with Crippen LogP contribution >= 0.6 is 23.2 Å². The van der Waals surface area contributed by atoms with E-state index in [0.717, 1.165) is 11.1 Å². The monoisotopic (exact) mass is 411 g/mol. The molecule has 0 aliphatic carbocycles. The Bertz CT molecular complexity index is 944. The largest absolute Gasteiger partial charge is 0.330 e. The molecule has 0 saturated carbocycles. The Labute approximate surface area is 163 Å². The van der Waals surface area contributed by atoms with E-state index in [9.17, 15) is 13.2 Å². The minimum absolute atomic E-state index is 0.0180. The lowest BCUT2D eigenvalue weighted by Gasteiger charge is -2.29. The van der Waals surface area contributed by atoms with E-state index in [2.05, 4.69) is 0 Å². The molecule has 2 aromatic rings. The highest BCUT2D eigenvalue weighted by Gasteiger charge is 2.35. The second-order valence-corrected chi connectivity index (χ2v) is 9.61. The van der Waals surface area contributed by atoms with Crippen LogP contribution in [-0.2, 0) is 16.4 Å². The third-order valence-corrected chi connectivity index (χ3v) is 6.98. The summed E-state index contributed by atoms with van der Waals surface area (Å²) >= 11 is 12.2. The quantitative estimate of drug-likeness (QED) is 0.759. The van der Waals surface area contributed by atoms with E-state index in [1.807, 2.05) is 19.1 Å². The maximum absolute atomic E-state index is 13.2. The topological polar surface area (TPSA) is 54.5 Å². The van der Waals surface area contributed by atoms with Gasteiger partial charge in [0.1, 0.15) is 0 Å². The fourth-order valence-corrected chi connectivity index (χ4v) is 5.39. The molecule has 1 aliphatic heterocycles. The summed E-state index contributed by atoms with van der Waals surface area (Å²) in [7, 11) is -3.12. The van der Waals surface area contributed by atoms with Gasteiger partial charge in [0, 0.05) is 28.2 Å². The van der Waals surface area contributed by atoms with Gasteiger partial charge in [0.25, 0.3) is 5.91 Å². The van der Waals surface area contributed by atoms with E-state index < -0.39 is 9.84 Å². The molecule has 0 aromatic heterocycles. The number of hydrogen-bond donors (Lipinski definition) is 0. The maximum Gasteiger partial charge on any atom is 0.254 e. The molecule has 2 aromatic carbocycles. The number of aryl methyl sites for hydroxylation is 1. The van der Waals surface area contributed by atoms with E-state index in [0.29, 0.717) is 22.0 Å². The van der Waals surface area contributed by atoms with Crippen LogP contribution in [0, 0.1) is 6.92 Å². The van der Waals surface area contributed by atoms with E-state index in [-0.39, 0.29) is 30.0 Å². The Morgan fingerprint density at radius 2 is 1.92 bits per heavy atom. The lowest BCUT2D eigenvalue weighted by molar-refractivity contribution is 0.0680. The van der Waals surface area contributed by atoms with E-state index in [1.54, 1.807) is 35.2 Å². The standard InChI is InChI=1S/C19H19Cl2NO3S/c1-13-4-2-3-5-17(13)19(23)22(16-8-9-26(24,25)12-16)11-14-6-7-15(20)10-18(14)21/h2-7,10,16H,8-9,11-12H2,1H3/t16-/m0/s1. The second-order valence-electron chi connectivity index (χ2n) is 6.54. The van der Waals surface area contributed by atoms with Gasteiger partial charge in [-0.3, -0.25) is 4.79 Å². The number of carbonyl (C=O) groups is 1. The minimum Gasteiger partial charge on any atom is -0.330 e. The first-order chi connectivity index (χ1) is 12.3. The molecular weight excluding hydrogens is 393 g/mol. The molecule has 7 heteroatoms. The van der Waals surface area contributed by atoms with Crippen molar-refractivity contribution in [2.45, 2.75) is 25.9 Å². The first-order valence-electron chi connectivity index (χ1n) is 8.28. The number of benzene rings is 2. The van der Waals surface area contributed by atoms with Gasteiger partial charge < -0.3 is 4.90 Å². The molecule has 1 aliphatic rings. The van der Waals surface area contributed by atoms with Gasteiger partial charge in [0.2, 0.25) is 0 Å². The molecule has 1 atom stereocenters. The van der Waals surface area contributed by atoms with Gasteiger partial charge in [-0.05, 0) is 42.7 Å². The first kappa shape index (κ1) is 19.2. The lowest BCUT2D eigenvalue weighted by Crippen LogP contribution is -2.41. The summed E-state index contributed by atoms with van der Waals surface area (Å²) in [6.45, 7) is 2.11. The molecule has 1 saturated heterocycles. The number of rotatable bonds is 4. The van der Waals surface area contributed by atoms with Crippen molar-refractivity contribution < 1.29 is 13.2 Å². The minimum atomic E-state index is -3.12. The smallest absolute Gasteiger partial charge is 0.254 e. The molecule has 0 bridgehead atoms. The Morgan fingerprint density at radius 1 is 1.19 bits per heavy atom. The highest BCUT2D eigenvalue weighted by atomic mass is 35.5. The molecule has 26 heavy (non-hydrogen) atoms. The number of nitrogens with zero attached hydrogens (tertiary/aromatic N) is 1. The number of amides is 1. The summed E-state index contributed by atoms with van der Waals surface area (Å²) in [5.74, 6) is -0.101. The molecule has 0 unspecified atom stereocenters. The predicted octanol–water partition coefficient (Wildman–Crippen LogP) is 4.13. The Morgan fingerprint density at radius 3 is 2.54 bits per heavy atom. The second kappa shape index (κ2) is 7.59.